The van der Waals surface area contributed by atoms with E-state index in [1.807, 2.05) is 0 Å². The summed E-state index contributed by atoms with van der Waals surface area (Å²) in [6.07, 6.45) is 5.37. The van der Waals surface area contributed by atoms with E-state index >= 15 is 0 Å². The van der Waals surface area contributed by atoms with E-state index in [0.717, 1.165) is 24.9 Å². The van der Waals surface area contributed by atoms with Gasteiger partial charge in [-0.1, -0.05) is 43.7 Å². The van der Waals surface area contributed by atoms with Crippen LogP contribution in [0.25, 0.3) is 0 Å². The zero-order valence-electron chi connectivity index (χ0n) is 12.9. The van der Waals surface area contributed by atoms with E-state index in [1.165, 1.54) is 31.4 Å². The third-order valence-electron chi connectivity index (χ3n) is 4.99. The molecule has 1 aromatic carbocycles. The highest BCUT2D eigenvalue weighted by Crippen LogP contribution is 2.40. The molecule has 4 unspecified atom stereocenters. The van der Waals surface area contributed by atoms with E-state index in [-0.39, 0.29) is 0 Å². The lowest BCUT2D eigenvalue weighted by atomic mass is 10.0. The first-order chi connectivity index (χ1) is 9.78. The fourth-order valence-corrected chi connectivity index (χ4v) is 3.77. The van der Waals surface area contributed by atoms with Crippen LogP contribution in [0.2, 0.25) is 0 Å². The van der Waals surface area contributed by atoms with Gasteiger partial charge in [0.25, 0.3) is 0 Å². The third kappa shape index (κ3) is 3.24. The van der Waals surface area contributed by atoms with Gasteiger partial charge in [-0.3, -0.25) is 4.90 Å². The van der Waals surface area contributed by atoms with E-state index in [2.05, 4.69) is 54.4 Å². The largest absolute Gasteiger partial charge is 0.311 e. The normalized spacial score (nSPS) is 34.1. The van der Waals surface area contributed by atoms with Crippen LogP contribution in [0, 0.1) is 5.92 Å². The Hall–Kier alpha value is -0.860. The van der Waals surface area contributed by atoms with Gasteiger partial charge in [-0.15, -0.1) is 0 Å². The van der Waals surface area contributed by atoms with Crippen LogP contribution in [-0.4, -0.2) is 36.1 Å². The average Bonchev–Trinajstić information content (AvgIpc) is 3.22. The Bertz CT molecular complexity index is 417. The van der Waals surface area contributed by atoms with Crippen molar-refractivity contribution in [2.24, 2.45) is 5.92 Å². The zero-order valence-corrected chi connectivity index (χ0v) is 12.9. The molecule has 3 rings (SSSR count). The molecule has 20 heavy (non-hydrogen) atoms. The number of nitrogens with one attached hydrogen (secondary N) is 1. The molecule has 2 aliphatic rings. The Balaban J connectivity index is 1.56. The highest BCUT2D eigenvalue weighted by Gasteiger charge is 2.44. The first-order valence-corrected chi connectivity index (χ1v) is 8.31. The van der Waals surface area contributed by atoms with Crippen molar-refractivity contribution in [2.75, 3.05) is 13.1 Å². The summed E-state index contributed by atoms with van der Waals surface area (Å²) in [5.41, 5.74) is 1.46. The molecular weight excluding hydrogens is 244 g/mol. The second kappa shape index (κ2) is 6.28. The fraction of sp³-hybridized carbons (Fsp3) is 0.667. The van der Waals surface area contributed by atoms with Gasteiger partial charge in [-0.2, -0.15) is 0 Å². The van der Waals surface area contributed by atoms with Crippen LogP contribution in [-0.2, 0) is 6.42 Å². The van der Waals surface area contributed by atoms with Crippen LogP contribution in [0.5, 0.6) is 0 Å². The highest BCUT2D eigenvalue weighted by atomic mass is 15.3. The Kier molecular flexibility index (Phi) is 4.42. The van der Waals surface area contributed by atoms with Crippen molar-refractivity contribution >= 4 is 0 Å². The summed E-state index contributed by atoms with van der Waals surface area (Å²) in [7, 11) is 0. The molecule has 1 aliphatic carbocycles. The van der Waals surface area contributed by atoms with Crippen LogP contribution in [0.3, 0.4) is 0 Å². The molecule has 0 radical (unpaired) electrons. The minimum absolute atomic E-state index is 0.622. The van der Waals surface area contributed by atoms with Gasteiger partial charge in [-0.25, -0.2) is 0 Å². The average molecular weight is 272 g/mol. The maximum Gasteiger partial charge on any atom is 0.0236 e. The molecule has 1 heterocycles. The molecule has 1 saturated heterocycles. The van der Waals surface area contributed by atoms with Crippen molar-refractivity contribution in [3.63, 3.8) is 0 Å². The molecule has 4 atom stereocenters. The quantitative estimate of drug-likeness (QED) is 0.886. The number of nitrogens with zero attached hydrogens (tertiary/aromatic N) is 1. The van der Waals surface area contributed by atoms with Gasteiger partial charge in [0.15, 0.2) is 0 Å². The molecule has 0 bridgehead atoms. The van der Waals surface area contributed by atoms with Gasteiger partial charge < -0.3 is 5.32 Å². The number of rotatable bonds is 5. The van der Waals surface area contributed by atoms with E-state index < -0.39 is 0 Å². The summed E-state index contributed by atoms with van der Waals surface area (Å²) in [6, 6.07) is 13.1. The predicted octanol–water partition coefficient (Wildman–Crippen LogP) is 3.08. The summed E-state index contributed by atoms with van der Waals surface area (Å²) in [4.78, 5) is 2.78. The summed E-state index contributed by atoms with van der Waals surface area (Å²) in [5.74, 6) is 0.984. The molecule has 0 spiro atoms. The summed E-state index contributed by atoms with van der Waals surface area (Å²) >= 11 is 0. The maximum atomic E-state index is 3.74. The number of hydrogen-bond donors (Lipinski definition) is 1. The van der Waals surface area contributed by atoms with E-state index in [4.69, 9.17) is 0 Å². The van der Waals surface area contributed by atoms with E-state index in [9.17, 15) is 0 Å². The van der Waals surface area contributed by atoms with Crippen LogP contribution < -0.4 is 5.32 Å². The number of piperazine rings is 1. The molecule has 1 aromatic rings. The van der Waals surface area contributed by atoms with Crippen LogP contribution >= 0.6 is 0 Å². The summed E-state index contributed by atoms with van der Waals surface area (Å²) in [6.45, 7) is 7.07. The molecule has 1 aliphatic heterocycles. The van der Waals surface area contributed by atoms with Crippen molar-refractivity contribution in [3.8, 4) is 0 Å². The topological polar surface area (TPSA) is 15.3 Å². The van der Waals surface area contributed by atoms with E-state index in [1.54, 1.807) is 0 Å². The molecule has 1 N–H and O–H groups in total. The molecular formula is C18H28N2. The predicted molar refractivity (Wildman–Crippen MR) is 84.9 cm³/mol. The molecule has 1 saturated carbocycles. The van der Waals surface area contributed by atoms with Gasteiger partial charge in [0.05, 0.1) is 0 Å². The van der Waals surface area contributed by atoms with Crippen molar-refractivity contribution in [1.29, 1.82) is 0 Å². The second-order valence-corrected chi connectivity index (χ2v) is 6.69. The lowest BCUT2D eigenvalue weighted by Crippen LogP contribution is -2.57. The number of hydrogen-bond acceptors (Lipinski definition) is 2. The van der Waals surface area contributed by atoms with E-state index in [0.29, 0.717) is 12.1 Å². The van der Waals surface area contributed by atoms with Crippen LogP contribution in [0.1, 0.15) is 38.7 Å². The third-order valence-corrected chi connectivity index (χ3v) is 4.99. The molecule has 2 fully saturated rings. The van der Waals surface area contributed by atoms with Gasteiger partial charge in [-0.05, 0) is 37.7 Å². The molecule has 110 valence electrons. The Morgan fingerprint density at radius 2 is 2.05 bits per heavy atom. The zero-order chi connectivity index (χ0) is 13.9. The van der Waals surface area contributed by atoms with Gasteiger partial charge in [0.1, 0.15) is 0 Å². The van der Waals surface area contributed by atoms with Crippen molar-refractivity contribution < 1.29 is 0 Å². The smallest absolute Gasteiger partial charge is 0.0236 e. The van der Waals surface area contributed by atoms with Gasteiger partial charge in [0, 0.05) is 31.2 Å². The fourth-order valence-electron chi connectivity index (χ4n) is 3.77. The molecule has 0 aromatic heterocycles. The number of benzene rings is 1. The molecule has 0 amide bonds. The van der Waals surface area contributed by atoms with Crippen molar-refractivity contribution in [1.82, 2.24) is 10.2 Å². The Morgan fingerprint density at radius 3 is 2.80 bits per heavy atom. The second-order valence-electron chi connectivity index (χ2n) is 6.69. The van der Waals surface area contributed by atoms with Crippen molar-refractivity contribution in [3.05, 3.63) is 35.9 Å². The van der Waals surface area contributed by atoms with Gasteiger partial charge in [0.2, 0.25) is 0 Å². The summed E-state index contributed by atoms with van der Waals surface area (Å²) in [5, 5.41) is 3.74. The van der Waals surface area contributed by atoms with Crippen LogP contribution in [0.15, 0.2) is 30.3 Å². The minimum Gasteiger partial charge on any atom is -0.311 e. The standard InChI is InChI=1S/C18H28N2/c1-3-7-16-11-18(16)20-13-17(19-12-14(20)2)10-15-8-5-4-6-9-15/h4-6,8-9,14,16-19H,3,7,10-13H2,1-2H3. The van der Waals surface area contributed by atoms with Crippen molar-refractivity contribution in [2.45, 2.75) is 57.7 Å². The lowest BCUT2D eigenvalue weighted by molar-refractivity contribution is 0.125. The highest BCUT2D eigenvalue weighted by molar-refractivity contribution is 5.16. The van der Waals surface area contributed by atoms with Gasteiger partial charge >= 0.3 is 0 Å². The first kappa shape index (κ1) is 14.1. The summed E-state index contributed by atoms with van der Waals surface area (Å²) < 4.78 is 0. The maximum absolute atomic E-state index is 3.74. The SMILES string of the molecule is CCCC1CC1N1CC(Cc2ccccc2)NCC1C. The first-order valence-electron chi connectivity index (χ1n) is 8.31. The Labute approximate surface area is 123 Å². The van der Waals surface area contributed by atoms with Crippen LogP contribution in [0.4, 0.5) is 0 Å². The lowest BCUT2D eigenvalue weighted by Gasteiger charge is -2.39. The molecule has 2 nitrogen and oxygen atoms in total. The Morgan fingerprint density at radius 1 is 1.25 bits per heavy atom. The molecule has 2 heteroatoms. The minimum atomic E-state index is 0.622. The monoisotopic (exact) mass is 272 g/mol.